The van der Waals surface area contributed by atoms with E-state index < -0.39 is 0 Å². The van der Waals surface area contributed by atoms with Crippen molar-refractivity contribution in [1.29, 1.82) is 0 Å². The maximum Gasteiger partial charge on any atom is 0.223 e. The molecule has 200 valence electrons. The van der Waals surface area contributed by atoms with E-state index in [2.05, 4.69) is 58.0 Å². The molecule has 0 spiro atoms. The third-order valence-corrected chi connectivity index (χ3v) is 10.2. The number of hydrogen-bond donors (Lipinski definition) is 2. The summed E-state index contributed by atoms with van der Waals surface area (Å²) in [5, 5.41) is 10.0. The lowest BCUT2D eigenvalue weighted by molar-refractivity contribution is -0.140. The minimum Gasteiger partial charge on any atom is -0.343 e. The van der Waals surface area contributed by atoms with Gasteiger partial charge in [0, 0.05) is 26.1 Å². The molecular weight excluding hydrogens is 454 g/mol. The Hall–Kier alpha value is -1.91. The lowest BCUT2D eigenvalue weighted by Gasteiger charge is -2.57. The Morgan fingerprint density at radius 2 is 1.49 bits per heavy atom. The maximum absolute atomic E-state index is 13.2. The average molecular weight is 502 g/mol. The normalized spacial score (nSPS) is 29.3. The van der Waals surface area contributed by atoms with Gasteiger partial charge in [0.15, 0.2) is 0 Å². The molecule has 2 aromatic rings. The highest BCUT2D eigenvalue weighted by Crippen LogP contribution is 2.61. The number of amides is 1. The molecule has 4 nitrogen and oxygen atoms in total. The molecule has 37 heavy (non-hydrogen) atoms. The number of fused-ring (bicyclic) bond motifs is 1. The second-order valence-electron chi connectivity index (χ2n) is 13.1. The highest BCUT2D eigenvalue weighted by Gasteiger charge is 2.51. The topological polar surface area (TPSA) is 44.4 Å². The van der Waals surface area contributed by atoms with E-state index in [-0.39, 0.29) is 0 Å². The van der Waals surface area contributed by atoms with Crippen molar-refractivity contribution in [3.8, 4) is 0 Å². The van der Waals surface area contributed by atoms with Crippen LogP contribution >= 0.6 is 0 Å². The highest BCUT2D eigenvalue weighted by molar-refractivity contribution is 5.85. The third kappa shape index (κ3) is 6.06. The van der Waals surface area contributed by atoms with Gasteiger partial charge in [0.25, 0.3) is 0 Å². The molecule has 1 heterocycles. The zero-order valence-corrected chi connectivity index (χ0v) is 22.7. The fraction of sp³-hybridized carbons (Fsp3) is 0.667. The number of hydrogen-bond acceptors (Lipinski definition) is 3. The van der Waals surface area contributed by atoms with Gasteiger partial charge in [0.05, 0.1) is 0 Å². The van der Waals surface area contributed by atoms with E-state index in [1.807, 2.05) is 0 Å². The first kappa shape index (κ1) is 25.4. The van der Waals surface area contributed by atoms with Gasteiger partial charge in [0.2, 0.25) is 5.91 Å². The van der Waals surface area contributed by atoms with Gasteiger partial charge in [0.1, 0.15) is 0 Å². The predicted octanol–water partition coefficient (Wildman–Crippen LogP) is 6.14. The van der Waals surface area contributed by atoms with Crippen LogP contribution < -0.4 is 10.6 Å². The second-order valence-corrected chi connectivity index (χ2v) is 13.1. The maximum atomic E-state index is 13.2. The Balaban J connectivity index is 0.829. The van der Waals surface area contributed by atoms with E-state index in [0.29, 0.717) is 11.3 Å². The van der Waals surface area contributed by atoms with Gasteiger partial charge in [-0.05, 0) is 129 Å². The van der Waals surface area contributed by atoms with Crippen molar-refractivity contribution in [2.24, 2.45) is 29.1 Å². The summed E-state index contributed by atoms with van der Waals surface area (Å²) in [4.78, 5) is 15.5. The molecule has 2 N–H and O–H groups in total. The zero-order chi connectivity index (χ0) is 25.1. The van der Waals surface area contributed by atoms with Crippen molar-refractivity contribution >= 4 is 16.7 Å². The molecule has 4 saturated carbocycles. The Kier molecular flexibility index (Phi) is 7.85. The molecule has 1 amide bonds. The molecule has 4 aliphatic carbocycles. The van der Waals surface area contributed by atoms with Crippen molar-refractivity contribution < 1.29 is 4.79 Å². The molecule has 2 aromatic carbocycles. The molecule has 0 unspecified atom stereocenters. The molecule has 0 atom stereocenters. The van der Waals surface area contributed by atoms with Crippen LogP contribution in [-0.4, -0.2) is 43.5 Å². The first-order valence-electron chi connectivity index (χ1n) is 15.3. The van der Waals surface area contributed by atoms with Crippen LogP contribution in [-0.2, 0) is 11.3 Å². The quantitative estimate of drug-likeness (QED) is 0.363. The van der Waals surface area contributed by atoms with Crippen LogP contribution in [0.4, 0.5) is 0 Å². The van der Waals surface area contributed by atoms with Crippen LogP contribution in [0.1, 0.15) is 76.2 Å². The van der Waals surface area contributed by atoms with E-state index >= 15 is 0 Å². The Morgan fingerprint density at radius 3 is 2.22 bits per heavy atom. The van der Waals surface area contributed by atoms with Crippen molar-refractivity contribution in [2.75, 3.05) is 32.7 Å². The lowest BCUT2D eigenvalue weighted by Crippen LogP contribution is -2.49. The summed E-state index contributed by atoms with van der Waals surface area (Å²) in [5.41, 5.74) is 1.77. The number of piperidine rings is 1. The average Bonchev–Trinajstić information content (AvgIpc) is 2.89. The Bertz CT molecular complexity index is 1020. The van der Waals surface area contributed by atoms with Crippen molar-refractivity contribution in [3.05, 3.63) is 48.0 Å². The lowest BCUT2D eigenvalue weighted by atomic mass is 9.49. The summed E-state index contributed by atoms with van der Waals surface area (Å²) >= 11 is 0. The number of likely N-dealkylation sites (tertiary alicyclic amines) is 1. The first-order valence-corrected chi connectivity index (χ1v) is 15.3. The number of carbonyl (C=O) groups excluding carboxylic acids is 1. The number of nitrogens with zero attached hydrogens (tertiary/aromatic N) is 1. The summed E-state index contributed by atoms with van der Waals surface area (Å²) in [6.07, 6.45) is 14.1. The standard InChI is InChI=1S/C33H47N3O/c37-32(22-33-19-26-16-27(20-33)18-28(17-26)21-33)36-14-10-25(11-15-36)23-34-12-3-4-13-35-24-30-8-5-7-29-6-1-2-9-31(29)30/h1-2,5-9,25-28,34-35H,3-4,10-24H2. The molecule has 7 rings (SSSR count). The van der Waals surface area contributed by atoms with Crippen LogP contribution in [0.15, 0.2) is 42.5 Å². The molecule has 1 saturated heterocycles. The van der Waals surface area contributed by atoms with Crippen molar-refractivity contribution in [3.63, 3.8) is 0 Å². The molecule has 0 radical (unpaired) electrons. The predicted molar refractivity (Wildman–Crippen MR) is 152 cm³/mol. The second kappa shape index (κ2) is 11.5. The number of nitrogens with one attached hydrogen (secondary N) is 2. The summed E-state index contributed by atoms with van der Waals surface area (Å²) in [6.45, 7) is 6.18. The van der Waals surface area contributed by atoms with E-state index in [4.69, 9.17) is 0 Å². The van der Waals surface area contributed by atoms with Gasteiger partial charge < -0.3 is 15.5 Å². The van der Waals surface area contributed by atoms with E-state index in [9.17, 15) is 4.79 Å². The van der Waals surface area contributed by atoms with Crippen LogP contribution in [0.2, 0.25) is 0 Å². The van der Waals surface area contributed by atoms with Gasteiger partial charge in [-0.1, -0.05) is 42.5 Å². The number of carbonyl (C=O) groups is 1. The third-order valence-electron chi connectivity index (χ3n) is 10.2. The SMILES string of the molecule is O=C(CC12CC3CC(CC(C3)C1)C2)N1CCC(CNCCCCNCc2cccc3ccccc23)CC1. The van der Waals surface area contributed by atoms with Crippen LogP contribution in [0.25, 0.3) is 10.8 Å². The van der Waals surface area contributed by atoms with Gasteiger partial charge in [-0.2, -0.15) is 0 Å². The van der Waals surface area contributed by atoms with Crippen LogP contribution in [0, 0.1) is 29.1 Å². The molecule has 4 bridgehead atoms. The summed E-state index contributed by atoms with van der Waals surface area (Å²) in [6, 6.07) is 15.2. The number of unbranched alkanes of at least 4 members (excludes halogenated alkanes) is 1. The van der Waals surface area contributed by atoms with Gasteiger partial charge in [-0.15, -0.1) is 0 Å². The molecule has 0 aromatic heterocycles. The van der Waals surface area contributed by atoms with E-state index in [1.165, 1.54) is 80.5 Å². The Morgan fingerprint density at radius 1 is 0.838 bits per heavy atom. The van der Waals surface area contributed by atoms with E-state index in [1.54, 1.807) is 0 Å². The molecule has 4 heteroatoms. The van der Waals surface area contributed by atoms with E-state index in [0.717, 1.165) is 69.4 Å². The Labute approximate surface area is 224 Å². The minimum atomic E-state index is 0.383. The summed E-state index contributed by atoms with van der Waals surface area (Å²) < 4.78 is 0. The van der Waals surface area contributed by atoms with Crippen molar-refractivity contribution in [2.45, 2.75) is 77.2 Å². The zero-order valence-electron chi connectivity index (χ0n) is 22.7. The molecular formula is C33H47N3O. The monoisotopic (exact) mass is 501 g/mol. The smallest absolute Gasteiger partial charge is 0.223 e. The highest BCUT2D eigenvalue weighted by atomic mass is 16.2. The fourth-order valence-electron chi connectivity index (χ4n) is 8.80. The van der Waals surface area contributed by atoms with Gasteiger partial charge in [-0.3, -0.25) is 4.79 Å². The largest absolute Gasteiger partial charge is 0.343 e. The minimum absolute atomic E-state index is 0.383. The molecule has 5 fully saturated rings. The van der Waals surface area contributed by atoms with Crippen LogP contribution in [0.3, 0.4) is 0 Å². The molecule has 1 aliphatic heterocycles. The first-order chi connectivity index (χ1) is 18.2. The van der Waals surface area contributed by atoms with Gasteiger partial charge in [-0.25, -0.2) is 0 Å². The van der Waals surface area contributed by atoms with Crippen molar-refractivity contribution in [1.82, 2.24) is 15.5 Å². The fourth-order valence-corrected chi connectivity index (χ4v) is 8.80. The number of benzene rings is 2. The summed E-state index contributed by atoms with van der Waals surface area (Å²) in [5.74, 6) is 4.03. The summed E-state index contributed by atoms with van der Waals surface area (Å²) in [7, 11) is 0. The van der Waals surface area contributed by atoms with Crippen LogP contribution in [0.5, 0.6) is 0 Å². The van der Waals surface area contributed by atoms with Gasteiger partial charge >= 0.3 is 0 Å². The molecule has 5 aliphatic rings. The number of rotatable bonds is 11.